The summed E-state index contributed by atoms with van der Waals surface area (Å²) >= 11 is 5.09. The van der Waals surface area contributed by atoms with Gasteiger partial charge in [-0.1, -0.05) is 39.4 Å². The number of benzene rings is 2. The first-order valence-electron chi connectivity index (χ1n) is 8.39. The lowest BCUT2D eigenvalue weighted by atomic mass is 10.2. The number of carbonyl (C=O) groups is 1. The van der Waals surface area contributed by atoms with Gasteiger partial charge >= 0.3 is 0 Å². The Balaban J connectivity index is 1.47. The molecule has 26 heavy (non-hydrogen) atoms. The molecule has 1 aliphatic rings. The van der Waals surface area contributed by atoms with Crippen LogP contribution >= 0.6 is 27.3 Å². The number of amides is 1. The third-order valence-corrected chi connectivity index (χ3v) is 6.07. The molecule has 134 valence electrons. The molecular formula is C19H18BrN3O2S. The van der Waals surface area contributed by atoms with Crippen LogP contribution in [-0.4, -0.2) is 49.1 Å². The maximum Gasteiger partial charge on any atom is 0.254 e. The predicted molar refractivity (Wildman–Crippen MR) is 108 cm³/mol. The molecule has 1 fully saturated rings. The second-order valence-corrected chi connectivity index (χ2v) is 8.02. The molecular weight excluding hydrogens is 414 g/mol. The fourth-order valence-corrected chi connectivity index (χ4v) is 4.55. The Labute approximate surface area is 164 Å². The summed E-state index contributed by atoms with van der Waals surface area (Å²) in [5.41, 5.74) is 1.63. The van der Waals surface area contributed by atoms with Gasteiger partial charge in [0.25, 0.3) is 5.91 Å². The van der Waals surface area contributed by atoms with E-state index in [4.69, 9.17) is 9.72 Å². The smallest absolute Gasteiger partial charge is 0.254 e. The van der Waals surface area contributed by atoms with Gasteiger partial charge in [-0.15, -0.1) is 0 Å². The molecule has 2 heterocycles. The highest BCUT2D eigenvalue weighted by Crippen LogP contribution is 2.34. The van der Waals surface area contributed by atoms with Crippen molar-refractivity contribution < 1.29 is 9.53 Å². The first kappa shape index (κ1) is 17.3. The summed E-state index contributed by atoms with van der Waals surface area (Å²) in [7, 11) is 1.67. The van der Waals surface area contributed by atoms with Crippen molar-refractivity contribution in [2.24, 2.45) is 0 Å². The molecule has 0 bridgehead atoms. The number of anilines is 1. The summed E-state index contributed by atoms with van der Waals surface area (Å²) in [5, 5.41) is 0.985. The predicted octanol–water partition coefficient (Wildman–Crippen LogP) is 4.03. The number of hydrogen-bond acceptors (Lipinski definition) is 5. The van der Waals surface area contributed by atoms with Gasteiger partial charge < -0.3 is 14.5 Å². The second kappa shape index (κ2) is 7.25. The molecule has 5 nitrogen and oxygen atoms in total. The minimum Gasteiger partial charge on any atom is -0.494 e. The normalized spacial score (nSPS) is 14.7. The summed E-state index contributed by atoms with van der Waals surface area (Å²) in [6, 6.07) is 13.5. The van der Waals surface area contributed by atoms with E-state index in [1.54, 1.807) is 18.4 Å². The lowest BCUT2D eigenvalue weighted by Gasteiger charge is -2.34. The Bertz CT molecular complexity index is 951. The molecule has 4 rings (SSSR count). The number of rotatable bonds is 3. The van der Waals surface area contributed by atoms with Crippen molar-refractivity contribution in [2.45, 2.75) is 0 Å². The van der Waals surface area contributed by atoms with Crippen LogP contribution in [0.3, 0.4) is 0 Å². The van der Waals surface area contributed by atoms with Gasteiger partial charge in [0.05, 0.1) is 11.8 Å². The van der Waals surface area contributed by atoms with Gasteiger partial charge in [-0.2, -0.15) is 0 Å². The molecule has 1 aromatic heterocycles. The summed E-state index contributed by atoms with van der Waals surface area (Å²) in [6.07, 6.45) is 0. The van der Waals surface area contributed by atoms with E-state index in [2.05, 4.69) is 26.9 Å². The van der Waals surface area contributed by atoms with Crippen LogP contribution in [0, 0.1) is 0 Å². The number of carbonyl (C=O) groups excluding carboxylic acids is 1. The van der Waals surface area contributed by atoms with E-state index in [-0.39, 0.29) is 5.91 Å². The molecule has 0 radical (unpaired) electrons. The summed E-state index contributed by atoms with van der Waals surface area (Å²) < 4.78 is 7.44. The SMILES string of the molecule is COc1cccc2sc(N3CCN(C(=O)c4cccc(Br)c4)CC3)nc12. The molecule has 3 aromatic rings. The minimum absolute atomic E-state index is 0.0805. The number of ether oxygens (including phenoxy) is 1. The summed E-state index contributed by atoms with van der Waals surface area (Å²) in [6.45, 7) is 2.95. The van der Waals surface area contributed by atoms with Crippen LogP contribution in [0.5, 0.6) is 5.75 Å². The zero-order chi connectivity index (χ0) is 18.1. The fourth-order valence-electron chi connectivity index (χ4n) is 3.12. The molecule has 7 heteroatoms. The topological polar surface area (TPSA) is 45.7 Å². The lowest BCUT2D eigenvalue weighted by molar-refractivity contribution is 0.0746. The molecule has 0 aliphatic carbocycles. The monoisotopic (exact) mass is 431 g/mol. The Hall–Kier alpha value is -2.12. The van der Waals surface area contributed by atoms with Gasteiger partial charge in [0.2, 0.25) is 0 Å². The molecule has 1 aliphatic heterocycles. The molecule has 1 amide bonds. The van der Waals surface area contributed by atoms with E-state index in [0.717, 1.165) is 44.2 Å². The van der Waals surface area contributed by atoms with Crippen LogP contribution in [0.4, 0.5) is 5.13 Å². The molecule has 0 N–H and O–H groups in total. The van der Waals surface area contributed by atoms with Gasteiger partial charge in [0.15, 0.2) is 5.13 Å². The zero-order valence-electron chi connectivity index (χ0n) is 14.3. The van der Waals surface area contributed by atoms with E-state index >= 15 is 0 Å². The lowest BCUT2D eigenvalue weighted by Crippen LogP contribution is -2.48. The maximum atomic E-state index is 12.7. The largest absolute Gasteiger partial charge is 0.494 e. The van der Waals surface area contributed by atoms with Gasteiger partial charge in [-0.3, -0.25) is 4.79 Å². The average Bonchev–Trinajstić information content (AvgIpc) is 3.12. The number of piperazine rings is 1. The van der Waals surface area contributed by atoms with E-state index in [0.29, 0.717) is 13.1 Å². The average molecular weight is 432 g/mol. The number of fused-ring (bicyclic) bond motifs is 1. The van der Waals surface area contributed by atoms with Crippen molar-refractivity contribution in [2.75, 3.05) is 38.2 Å². The standard InChI is InChI=1S/C19H18BrN3O2S/c1-25-15-6-3-7-16-17(15)21-19(26-16)23-10-8-22(9-11-23)18(24)13-4-2-5-14(20)12-13/h2-7,12H,8-11H2,1H3. The quantitative estimate of drug-likeness (QED) is 0.627. The Morgan fingerprint density at radius 2 is 1.92 bits per heavy atom. The summed E-state index contributed by atoms with van der Waals surface area (Å²) in [4.78, 5) is 21.6. The number of halogens is 1. The fraction of sp³-hybridized carbons (Fsp3) is 0.263. The highest BCUT2D eigenvalue weighted by atomic mass is 79.9. The first-order valence-corrected chi connectivity index (χ1v) is 10.00. The van der Waals surface area contributed by atoms with Crippen molar-refractivity contribution in [3.63, 3.8) is 0 Å². The van der Waals surface area contributed by atoms with Crippen LogP contribution < -0.4 is 9.64 Å². The van der Waals surface area contributed by atoms with Gasteiger partial charge in [0.1, 0.15) is 11.3 Å². The Morgan fingerprint density at radius 3 is 2.65 bits per heavy atom. The number of hydrogen-bond donors (Lipinski definition) is 0. The van der Waals surface area contributed by atoms with Gasteiger partial charge in [-0.05, 0) is 30.3 Å². The molecule has 1 saturated heterocycles. The molecule has 2 aromatic carbocycles. The number of thiazole rings is 1. The van der Waals surface area contributed by atoms with E-state index in [1.807, 2.05) is 41.3 Å². The highest BCUT2D eigenvalue weighted by Gasteiger charge is 2.24. The van der Waals surface area contributed by atoms with E-state index in [1.165, 1.54) is 0 Å². The number of para-hydroxylation sites is 1. The van der Waals surface area contributed by atoms with Crippen molar-refractivity contribution in [1.82, 2.24) is 9.88 Å². The van der Waals surface area contributed by atoms with E-state index in [9.17, 15) is 4.79 Å². The maximum absolute atomic E-state index is 12.7. The van der Waals surface area contributed by atoms with Gasteiger partial charge in [-0.25, -0.2) is 4.98 Å². The van der Waals surface area contributed by atoms with Crippen molar-refractivity contribution >= 4 is 48.5 Å². The molecule has 0 unspecified atom stereocenters. The Morgan fingerprint density at radius 1 is 1.15 bits per heavy atom. The number of methoxy groups -OCH3 is 1. The third kappa shape index (κ3) is 3.29. The molecule has 0 saturated carbocycles. The molecule has 0 spiro atoms. The number of aromatic nitrogens is 1. The first-order chi connectivity index (χ1) is 12.7. The molecule has 0 atom stereocenters. The van der Waals surface area contributed by atoms with Crippen molar-refractivity contribution in [3.8, 4) is 5.75 Å². The van der Waals surface area contributed by atoms with Crippen LogP contribution in [0.2, 0.25) is 0 Å². The Kier molecular flexibility index (Phi) is 4.82. The third-order valence-electron chi connectivity index (χ3n) is 4.50. The highest BCUT2D eigenvalue weighted by molar-refractivity contribution is 9.10. The van der Waals surface area contributed by atoms with Crippen molar-refractivity contribution in [3.05, 3.63) is 52.5 Å². The van der Waals surface area contributed by atoms with Crippen LogP contribution in [-0.2, 0) is 0 Å². The van der Waals surface area contributed by atoms with E-state index < -0.39 is 0 Å². The summed E-state index contributed by atoms with van der Waals surface area (Å²) in [5.74, 6) is 0.880. The van der Waals surface area contributed by atoms with Crippen molar-refractivity contribution in [1.29, 1.82) is 0 Å². The minimum atomic E-state index is 0.0805. The number of nitrogens with zero attached hydrogens (tertiary/aromatic N) is 3. The van der Waals surface area contributed by atoms with Crippen LogP contribution in [0.1, 0.15) is 10.4 Å². The van der Waals surface area contributed by atoms with Crippen LogP contribution in [0.15, 0.2) is 46.9 Å². The van der Waals surface area contributed by atoms with Crippen LogP contribution in [0.25, 0.3) is 10.2 Å². The second-order valence-electron chi connectivity index (χ2n) is 6.09. The zero-order valence-corrected chi connectivity index (χ0v) is 16.7. The van der Waals surface area contributed by atoms with Gasteiger partial charge in [0, 0.05) is 36.2 Å².